The summed E-state index contributed by atoms with van der Waals surface area (Å²) in [5.74, 6) is -4.15. The molecular weight excluding hydrogens is 698 g/mol. The first-order chi connectivity index (χ1) is 25.1. The molecule has 0 saturated carbocycles. The number of amides is 1. The van der Waals surface area contributed by atoms with Gasteiger partial charge in [0, 0.05) is 48.0 Å². The van der Waals surface area contributed by atoms with E-state index in [0.717, 1.165) is 91.4 Å². The summed E-state index contributed by atoms with van der Waals surface area (Å²) in [6.45, 7) is 6.41. The van der Waals surface area contributed by atoms with Crippen LogP contribution in [0.3, 0.4) is 0 Å². The maximum absolute atomic E-state index is 12.3. The minimum Gasteiger partial charge on any atom is -0.469 e. The first-order valence-electron chi connectivity index (χ1n) is 18.6. The standard InChI is InChI=1S/C37H61NO15/c1-24(39)38-30(22-47-25(2)40)31(20-18-16-14-12-10-8-9-11-13-15-17-19-21-33(45)46-7)52-37-36(51-29(6)44)35(50-28(5)43)34(49-27(4)42)32(53-37)23-48-26(3)41/h30-32,34-37H,8-23H2,1-7H3,(H,38,39)/t30-,31-,32-,34+,35+,36-,37-/m1/s1. The number of carbonyl (C=O) groups is 7. The second-order valence-electron chi connectivity index (χ2n) is 13.2. The lowest BCUT2D eigenvalue weighted by molar-refractivity contribution is -0.319. The largest absolute Gasteiger partial charge is 0.469 e. The van der Waals surface area contributed by atoms with Crippen LogP contribution in [0.4, 0.5) is 0 Å². The van der Waals surface area contributed by atoms with E-state index in [-0.39, 0.29) is 12.6 Å². The summed E-state index contributed by atoms with van der Waals surface area (Å²) in [5.41, 5.74) is 0. The second-order valence-corrected chi connectivity index (χ2v) is 13.2. The van der Waals surface area contributed by atoms with Gasteiger partial charge in [-0.1, -0.05) is 70.6 Å². The third kappa shape index (κ3) is 21.5. The van der Waals surface area contributed by atoms with E-state index in [4.69, 9.17) is 33.2 Å². The molecule has 0 bridgehead atoms. The van der Waals surface area contributed by atoms with Crippen LogP contribution in [-0.4, -0.2) is 105 Å². The van der Waals surface area contributed by atoms with Gasteiger partial charge >= 0.3 is 35.8 Å². The van der Waals surface area contributed by atoms with E-state index in [1.54, 1.807) is 0 Å². The van der Waals surface area contributed by atoms with E-state index < -0.39 is 85.2 Å². The third-order valence-corrected chi connectivity index (χ3v) is 8.41. The van der Waals surface area contributed by atoms with Crippen LogP contribution >= 0.6 is 0 Å². The molecule has 0 radical (unpaired) electrons. The summed E-state index contributed by atoms with van der Waals surface area (Å²) < 4.78 is 44.1. The molecule has 1 aliphatic rings. The molecule has 1 N–H and O–H groups in total. The molecule has 16 heteroatoms. The zero-order valence-corrected chi connectivity index (χ0v) is 32.5. The molecule has 7 atom stereocenters. The van der Waals surface area contributed by atoms with Gasteiger partial charge in [0.1, 0.15) is 19.3 Å². The number of methoxy groups -OCH3 is 1. The molecule has 1 heterocycles. The molecule has 53 heavy (non-hydrogen) atoms. The Labute approximate surface area is 312 Å². The Balaban J connectivity index is 3.06. The normalized spacial score (nSPS) is 20.6. The summed E-state index contributed by atoms with van der Waals surface area (Å²) in [6, 6.07) is -0.858. The highest BCUT2D eigenvalue weighted by atomic mass is 16.7. The molecule has 0 aromatic carbocycles. The van der Waals surface area contributed by atoms with Crippen molar-refractivity contribution in [1.82, 2.24) is 5.32 Å². The summed E-state index contributed by atoms with van der Waals surface area (Å²) in [7, 11) is 1.41. The predicted molar refractivity (Wildman–Crippen MR) is 188 cm³/mol. The van der Waals surface area contributed by atoms with Crippen molar-refractivity contribution < 1.29 is 71.5 Å². The Bertz CT molecular complexity index is 1160. The summed E-state index contributed by atoms with van der Waals surface area (Å²) in [5, 5.41) is 2.77. The van der Waals surface area contributed by atoms with E-state index in [0.29, 0.717) is 19.3 Å². The van der Waals surface area contributed by atoms with Crippen molar-refractivity contribution in [2.75, 3.05) is 20.3 Å². The highest BCUT2D eigenvalue weighted by Gasteiger charge is 2.53. The Kier molecular flexibility index (Phi) is 24.0. The lowest BCUT2D eigenvalue weighted by atomic mass is 9.97. The zero-order valence-electron chi connectivity index (χ0n) is 32.5. The molecule has 0 aromatic heterocycles. The Morgan fingerprint density at radius 3 is 1.53 bits per heavy atom. The average molecular weight is 760 g/mol. The van der Waals surface area contributed by atoms with E-state index in [1.807, 2.05) is 0 Å². The van der Waals surface area contributed by atoms with Crippen molar-refractivity contribution in [3.8, 4) is 0 Å². The van der Waals surface area contributed by atoms with Gasteiger partial charge in [0.05, 0.1) is 19.3 Å². The molecule has 304 valence electrons. The SMILES string of the molecule is COC(=O)CCCCCCCCCCCCCC[C@@H](O[C@@H]1O[C@H](COC(C)=O)[C@H](OC(C)=O)[C@H](OC(C)=O)[C@H]1OC(C)=O)[C@@H](COC(C)=O)NC(C)=O. The highest BCUT2D eigenvalue weighted by Crippen LogP contribution is 2.32. The molecule has 1 rings (SSSR count). The monoisotopic (exact) mass is 759 g/mol. The Morgan fingerprint density at radius 1 is 0.585 bits per heavy atom. The minimum atomic E-state index is -1.47. The van der Waals surface area contributed by atoms with Crippen molar-refractivity contribution in [2.24, 2.45) is 0 Å². The van der Waals surface area contributed by atoms with Crippen LogP contribution in [-0.2, 0) is 71.5 Å². The molecule has 0 unspecified atom stereocenters. The van der Waals surface area contributed by atoms with E-state index in [9.17, 15) is 33.6 Å². The molecule has 0 spiro atoms. The Hall–Kier alpha value is -3.79. The molecular formula is C37H61NO15. The lowest BCUT2D eigenvalue weighted by Crippen LogP contribution is -2.64. The smallest absolute Gasteiger partial charge is 0.305 e. The van der Waals surface area contributed by atoms with Gasteiger partial charge in [-0.05, 0) is 12.8 Å². The van der Waals surface area contributed by atoms with Gasteiger partial charge in [0.15, 0.2) is 24.6 Å². The van der Waals surface area contributed by atoms with Crippen LogP contribution in [0.1, 0.15) is 131 Å². The summed E-state index contributed by atoms with van der Waals surface area (Å²) >= 11 is 0. The van der Waals surface area contributed by atoms with Gasteiger partial charge in [-0.25, -0.2) is 0 Å². The van der Waals surface area contributed by atoms with Gasteiger partial charge in [-0.15, -0.1) is 0 Å². The topological polar surface area (TPSA) is 205 Å². The van der Waals surface area contributed by atoms with Crippen LogP contribution in [0, 0.1) is 0 Å². The number of ether oxygens (including phenoxy) is 8. The molecule has 16 nitrogen and oxygen atoms in total. The third-order valence-electron chi connectivity index (χ3n) is 8.41. The van der Waals surface area contributed by atoms with Gasteiger partial charge < -0.3 is 43.2 Å². The highest BCUT2D eigenvalue weighted by molar-refractivity contribution is 5.73. The molecule has 1 amide bonds. The van der Waals surface area contributed by atoms with Crippen molar-refractivity contribution in [2.45, 2.75) is 174 Å². The van der Waals surface area contributed by atoms with Crippen LogP contribution in [0.5, 0.6) is 0 Å². The number of rotatable bonds is 26. The summed E-state index contributed by atoms with van der Waals surface area (Å²) in [6.07, 6.45) is 5.15. The van der Waals surface area contributed by atoms with Gasteiger partial charge in [0.2, 0.25) is 5.91 Å². The lowest BCUT2D eigenvalue weighted by Gasteiger charge is -2.45. The van der Waals surface area contributed by atoms with Gasteiger partial charge in [-0.2, -0.15) is 0 Å². The number of hydrogen-bond acceptors (Lipinski definition) is 15. The number of unbranched alkanes of at least 4 members (excludes halogenated alkanes) is 11. The van der Waals surface area contributed by atoms with Crippen LogP contribution in [0.15, 0.2) is 0 Å². The van der Waals surface area contributed by atoms with E-state index in [1.165, 1.54) is 27.9 Å². The number of esters is 6. The van der Waals surface area contributed by atoms with Crippen molar-refractivity contribution in [3.05, 3.63) is 0 Å². The molecule has 0 aromatic rings. The van der Waals surface area contributed by atoms with Gasteiger partial charge in [-0.3, -0.25) is 33.6 Å². The second kappa shape index (κ2) is 26.9. The predicted octanol–water partition coefficient (Wildman–Crippen LogP) is 4.16. The first-order valence-corrected chi connectivity index (χ1v) is 18.6. The minimum absolute atomic E-state index is 0.162. The first kappa shape index (κ1) is 47.2. The number of nitrogens with one attached hydrogen (secondary N) is 1. The van der Waals surface area contributed by atoms with Crippen molar-refractivity contribution in [1.29, 1.82) is 0 Å². The maximum Gasteiger partial charge on any atom is 0.305 e. The molecule has 1 saturated heterocycles. The molecule has 0 aliphatic carbocycles. The van der Waals surface area contributed by atoms with E-state index >= 15 is 0 Å². The fourth-order valence-corrected chi connectivity index (χ4v) is 6.03. The molecule has 1 fully saturated rings. The van der Waals surface area contributed by atoms with Gasteiger partial charge in [0.25, 0.3) is 0 Å². The fraction of sp³-hybridized carbons (Fsp3) is 0.811. The van der Waals surface area contributed by atoms with E-state index in [2.05, 4.69) is 10.1 Å². The number of hydrogen-bond donors (Lipinski definition) is 1. The number of carbonyl (C=O) groups excluding carboxylic acids is 7. The van der Waals surface area contributed by atoms with Crippen molar-refractivity contribution >= 4 is 41.7 Å². The average Bonchev–Trinajstić information content (AvgIpc) is 3.06. The van der Waals surface area contributed by atoms with Crippen LogP contribution < -0.4 is 5.32 Å². The van der Waals surface area contributed by atoms with Crippen LogP contribution in [0.2, 0.25) is 0 Å². The fourth-order valence-electron chi connectivity index (χ4n) is 6.03. The van der Waals surface area contributed by atoms with Crippen molar-refractivity contribution in [3.63, 3.8) is 0 Å². The zero-order chi connectivity index (χ0) is 39.8. The quantitative estimate of drug-likeness (QED) is 0.0747. The summed E-state index contributed by atoms with van der Waals surface area (Å²) in [4.78, 5) is 83.6. The van der Waals surface area contributed by atoms with Crippen LogP contribution in [0.25, 0.3) is 0 Å². The maximum atomic E-state index is 12.3. The Morgan fingerprint density at radius 2 is 1.06 bits per heavy atom. The molecule has 1 aliphatic heterocycles.